The molecular formula is C17H18O4. The van der Waals surface area contributed by atoms with Gasteiger partial charge in [-0.25, -0.2) is 0 Å². The van der Waals surface area contributed by atoms with E-state index in [1.165, 1.54) is 0 Å². The minimum Gasteiger partial charge on any atom is -0.508 e. The molecule has 1 heterocycles. The van der Waals surface area contributed by atoms with Gasteiger partial charge in [0.15, 0.2) is 0 Å². The Morgan fingerprint density at radius 1 is 1.05 bits per heavy atom. The number of hydrogen-bond donors (Lipinski definition) is 3. The summed E-state index contributed by atoms with van der Waals surface area (Å²) in [5.41, 5.74) is 2.72. The van der Waals surface area contributed by atoms with Crippen LogP contribution in [0.3, 0.4) is 0 Å². The van der Waals surface area contributed by atoms with Gasteiger partial charge in [-0.3, -0.25) is 0 Å². The molecule has 4 nitrogen and oxygen atoms in total. The van der Waals surface area contributed by atoms with Gasteiger partial charge in [0.1, 0.15) is 23.4 Å². The number of benzene rings is 2. The zero-order valence-electron chi connectivity index (χ0n) is 11.6. The number of aromatic hydroxyl groups is 2. The molecule has 110 valence electrons. The molecule has 1 aliphatic heterocycles. The highest BCUT2D eigenvalue weighted by Crippen LogP contribution is 2.41. The Morgan fingerprint density at radius 3 is 2.52 bits per heavy atom. The van der Waals surface area contributed by atoms with Gasteiger partial charge in [0.2, 0.25) is 0 Å². The fourth-order valence-electron chi connectivity index (χ4n) is 2.77. The summed E-state index contributed by atoms with van der Waals surface area (Å²) < 4.78 is 6.07. The van der Waals surface area contributed by atoms with Crippen molar-refractivity contribution in [3.8, 4) is 17.2 Å². The standard InChI is InChI=1S/C17H18O4/c18-10-9-14-15(20)7-3-12-4-8-16(21-17(12)14)11-1-5-13(19)6-2-11/h1-3,5-7,16,18-20H,4,8-10H2/t16-/m0/s1. The van der Waals surface area contributed by atoms with E-state index in [0.717, 1.165) is 24.0 Å². The van der Waals surface area contributed by atoms with Crippen molar-refractivity contribution in [1.82, 2.24) is 0 Å². The SMILES string of the molecule is OCCc1c(O)ccc2c1O[C@H](c1ccc(O)cc1)CC2. The maximum atomic E-state index is 9.97. The molecule has 2 aromatic rings. The number of hydrogen-bond acceptors (Lipinski definition) is 4. The average Bonchev–Trinajstić information content (AvgIpc) is 2.50. The van der Waals surface area contributed by atoms with E-state index in [0.29, 0.717) is 17.7 Å². The quantitative estimate of drug-likeness (QED) is 0.811. The van der Waals surface area contributed by atoms with Crippen LogP contribution in [0.15, 0.2) is 36.4 Å². The zero-order valence-corrected chi connectivity index (χ0v) is 11.6. The van der Waals surface area contributed by atoms with Crippen LogP contribution in [-0.2, 0) is 12.8 Å². The molecule has 1 aliphatic rings. The second-order valence-corrected chi connectivity index (χ2v) is 5.26. The van der Waals surface area contributed by atoms with Gasteiger partial charge in [0.25, 0.3) is 0 Å². The van der Waals surface area contributed by atoms with Gasteiger partial charge < -0.3 is 20.1 Å². The summed E-state index contributed by atoms with van der Waals surface area (Å²) in [7, 11) is 0. The first-order chi connectivity index (χ1) is 10.2. The van der Waals surface area contributed by atoms with E-state index < -0.39 is 0 Å². The normalized spacial score (nSPS) is 17.1. The van der Waals surface area contributed by atoms with Crippen LogP contribution in [0.25, 0.3) is 0 Å². The van der Waals surface area contributed by atoms with Gasteiger partial charge >= 0.3 is 0 Å². The Balaban J connectivity index is 1.93. The Morgan fingerprint density at radius 2 is 1.81 bits per heavy atom. The van der Waals surface area contributed by atoms with E-state index in [1.54, 1.807) is 18.2 Å². The van der Waals surface area contributed by atoms with Crippen LogP contribution < -0.4 is 4.74 Å². The highest BCUT2D eigenvalue weighted by atomic mass is 16.5. The summed E-state index contributed by atoms with van der Waals surface area (Å²) >= 11 is 0. The van der Waals surface area contributed by atoms with Crippen molar-refractivity contribution < 1.29 is 20.1 Å². The van der Waals surface area contributed by atoms with E-state index in [9.17, 15) is 10.2 Å². The predicted molar refractivity (Wildman–Crippen MR) is 78.7 cm³/mol. The van der Waals surface area contributed by atoms with Gasteiger partial charge in [0.05, 0.1) is 0 Å². The van der Waals surface area contributed by atoms with Crippen LogP contribution in [0.4, 0.5) is 0 Å². The fourth-order valence-corrected chi connectivity index (χ4v) is 2.77. The summed E-state index contributed by atoms with van der Waals surface area (Å²) in [5.74, 6) is 1.08. The van der Waals surface area contributed by atoms with Gasteiger partial charge in [-0.1, -0.05) is 18.2 Å². The van der Waals surface area contributed by atoms with Crippen molar-refractivity contribution in [2.45, 2.75) is 25.4 Å². The summed E-state index contributed by atoms with van der Waals surface area (Å²) in [6.07, 6.45) is 1.98. The molecule has 0 saturated carbocycles. The first-order valence-corrected chi connectivity index (χ1v) is 7.09. The number of aliphatic hydroxyl groups is 1. The highest BCUT2D eigenvalue weighted by Gasteiger charge is 2.25. The van der Waals surface area contributed by atoms with Crippen molar-refractivity contribution in [3.63, 3.8) is 0 Å². The molecule has 4 heteroatoms. The lowest BCUT2D eigenvalue weighted by molar-refractivity contribution is 0.172. The molecule has 3 N–H and O–H groups in total. The van der Waals surface area contributed by atoms with E-state index >= 15 is 0 Å². The van der Waals surface area contributed by atoms with E-state index in [4.69, 9.17) is 9.84 Å². The molecule has 0 spiro atoms. The van der Waals surface area contributed by atoms with Crippen molar-refractivity contribution in [2.24, 2.45) is 0 Å². The Labute approximate surface area is 123 Å². The second kappa shape index (κ2) is 5.66. The third-order valence-corrected chi connectivity index (χ3v) is 3.88. The fraction of sp³-hybridized carbons (Fsp3) is 0.294. The number of ether oxygens (including phenoxy) is 1. The molecule has 0 fully saturated rings. The Kier molecular flexibility index (Phi) is 3.71. The molecule has 0 aliphatic carbocycles. The minimum absolute atomic E-state index is 0.0305. The third kappa shape index (κ3) is 2.67. The molecule has 0 amide bonds. The van der Waals surface area contributed by atoms with Gasteiger partial charge in [0, 0.05) is 18.6 Å². The van der Waals surface area contributed by atoms with Crippen LogP contribution in [0, 0.1) is 0 Å². The second-order valence-electron chi connectivity index (χ2n) is 5.26. The summed E-state index contributed by atoms with van der Waals surface area (Å²) in [6.45, 7) is -0.0305. The summed E-state index contributed by atoms with van der Waals surface area (Å²) in [5, 5.41) is 28.5. The van der Waals surface area contributed by atoms with E-state index in [1.807, 2.05) is 18.2 Å². The number of aliphatic hydroxyl groups excluding tert-OH is 1. The molecule has 21 heavy (non-hydrogen) atoms. The lowest BCUT2D eigenvalue weighted by Gasteiger charge is -2.28. The topological polar surface area (TPSA) is 69.9 Å². The monoisotopic (exact) mass is 286 g/mol. The van der Waals surface area contributed by atoms with Crippen LogP contribution in [-0.4, -0.2) is 21.9 Å². The lowest BCUT2D eigenvalue weighted by Crippen LogP contribution is -2.16. The maximum Gasteiger partial charge on any atom is 0.130 e. The summed E-state index contributed by atoms with van der Waals surface area (Å²) in [6, 6.07) is 10.5. The third-order valence-electron chi connectivity index (χ3n) is 3.88. The Bertz CT molecular complexity index is 634. The molecule has 1 atom stereocenters. The largest absolute Gasteiger partial charge is 0.508 e. The van der Waals surface area contributed by atoms with Gasteiger partial charge in [-0.05, 0) is 42.2 Å². The van der Waals surface area contributed by atoms with Crippen molar-refractivity contribution >= 4 is 0 Å². The molecule has 0 radical (unpaired) electrons. The van der Waals surface area contributed by atoms with Crippen molar-refractivity contribution in [2.75, 3.05) is 6.61 Å². The molecule has 0 aromatic heterocycles. The Hall–Kier alpha value is -2.20. The minimum atomic E-state index is -0.0997. The van der Waals surface area contributed by atoms with Crippen LogP contribution >= 0.6 is 0 Å². The number of fused-ring (bicyclic) bond motifs is 1. The van der Waals surface area contributed by atoms with E-state index in [-0.39, 0.29) is 24.2 Å². The van der Waals surface area contributed by atoms with E-state index in [2.05, 4.69) is 0 Å². The number of aryl methyl sites for hydroxylation is 1. The average molecular weight is 286 g/mol. The number of phenols is 2. The van der Waals surface area contributed by atoms with Crippen molar-refractivity contribution in [3.05, 3.63) is 53.1 Å². The zero-order chi connectivity index (χ0) is 14.8. The van der Waals surface area contributed by atoms with Gasteiger partial charge in [-0.15, -0.1) is 0 Å². The first-order valence-electron chi connectivity index (χ1n) is 7.09. The van der Waals surface area contributed by atoms with Crippen LogP contribution in [0.2, 0.25) is 0 Å². The van der Waals surface area contributed by atoms with Crippen LogP contribution in [0.5, 0.6) is 17.2 Å². The maximum absolute atomic E-state index is 9.97. The number of rotatable bonds is 3. The highest BCUT2D eigenvalue weighted by molar-refractivity contribution is 5.51. The molecular weight excluding hydrogens is 268 g/mol. The smallest absolute Gasteiger partial charge is 0.130 e. The lowest BCUT2D eigenvalue weighted by atomic mass is 9.94. The van der Waals surface area contributed by atoms with Gasteiger partial charge in [-0.2, -0.15) is 0 Å². The molecule has 3 rings (SSSR count). The van der Waals surface area contributed by atoms with Crippen molar-refractivity contribution in [1.29, 1.82) is 0 Å². The summed E-state index contributed by atoms with van der Waals surface area (Å²) in [4.78, 5) is 0. The first kappa shape index (κ1) is 13.8. The van der Waals surface area contributed by atoms with Crippen LogP contribution in [0.1, 0.15) is 29.2 Å². The molecule has 0 saturated heterocycles. The molecule has 0 bridgehead atoms. The number of phenolic OH excluding ortho intramolecular Hbond substituents is 2. The molecule has 0 unspecified atom stereocenters. The predicted octanol–water partition coefficient (Wildman–Crippen LogP) is 2.70. The molecule has 2 aromatic carbocycles.